The summed E-state index contributed by atoms with van der Waals surface area (Å²) in [6, 6.07) is 16.1. The molecule has 0 aliphatic rings. The standard InChI is InChI=1S/C23H18N4O4/c24-19(28)13-27-20(26-18-9-2-1-8-17(18)23(27)30)14-31-21(29)11-10-16-6-3-5-15-7-4-12-25-22(15)16/h1-12H,13-14H2,(H2,24,28)/b11-10+. The number of benzene rings is 2. The Morgan fingerprint density at radius 2 is 1.87 bits per heavy atom. The van der Waals surface area contributed by atoms with E-state index in [4.69, 9.17) is 10.5 Å². The first kappa shape index (κ1) is 20.0. The van der Waals surface area contributed by atoms with Gasteiger partial charge in [0, 0.05) is 23.2 Å². The van der Waals surface area contributed by atoms with Gasteiger partial charge in [0.2, 0.25) is 5.91 Å². The van der Waals surface area contributed by atoms with Gasteiger partial charge in [-0.15, -0.1) is 0 Å². The van der Waals surface area contributed by atoms with Gasteiger partial charge in [-0.2, -0.15) is 0 Å². The maximum absolute atomic E-state index is 12.7. The summed E-state index contributed by atoms with van der Waals surface area (Å²) in [6.45, 7) is -0.647. The zero-order chi connectivity index (χ0) is 21.8. The van der Waals surface area contributed by atoms with Crippen LogP contribution in [0.2, 0.25) is 0 Å². The number of fused-ring (bicyclic) bond motifs is 2. The van der Waals surface area contributed by atoms with Crippen molar-refractivity contribution in [2.45, 2.75) is 13.2 Å². The van der Waals surface area contributed by atoms with Crippen LogP contribution < -0.4 is 11.3 Å². The largest absolute Gasteiger partial charge is 0.454 e. The molecule has 8 heteroatoms. The number of rotatable bonds is 6. The number of carbonyl (C=O) groups excluding carboxylic acids is 2. The number of pyridine rings is 1. The number of ether oxygens (including phenoxy) is 1. The molecule has 0 fully saturated rings. The molecule has 154 valence electrons. The molecule has 0 bridgehead atoms. The average Bonchev–Trinajstić information content (AvgIpc) is 2.78. The van der Waals surface area contributed by atoms with Gasteiger partial charge >= 0.3 is 5.97 Å². The Morgan fingerprint density at radius 3 is 2.71 bits per heavy atom. The smallest absolute Gasteiger partial charge is 0.331 e. The second-order valence-corrected chi connectivity index (χ2v) is 6.77. The Hall–Kier alpha value is -4.33. The van der Waals surface area contributed by atoms with Crippen molar-refractivity contribution < 1.29 is 14.3 Å². The third-order valence-corrected chi connectivity index (χ3v) is 4.66. The first-order chi connectivity index (χ1) is 15.0. The fourth-order valence-electron chi connectivity index (χ4n) is 3.25. The van der Waals surface area contributed by atoms with Crippen molar-refractivity contribution in [3.8, 4) is 0 Å². The maximum Gasteiger partial charge on any atom is 0.331 e. The van der Waals surface area contributed by atoms with Crippen LogP contribution in [0, 0.1) is 0 Å². The molecule has 0 radical (unpaired) electrons. The zero-order valence-corrected chi connectivity index (χ0v) is 16.4. The molecule has 0 aliphatic heterocycles. The molecule has 2 aromatic carbocycles. The molecule has 0 atom stereocenters. The summed E-state index contributed by atoms with van der Waals surface area (Å²) >= 11 is 0. The van der Waals surface area contributed by atoms with E-state index in [1.165, 1.54) is 6.08 Å². The molecule has 2 heterocycles. The van der Waals surface area contributed by atoms with E-state index in [1.54, 1.807) is 36.5 Å². The summed E-state index contributed by atoms with van der Waals surface area (Å²) in [6.07, 6.45) is 4.57. The van der Waals surface area contributed by atoms with Crippen LogP contribution in [0.4, 0.5) is 0 Å². The SMILES string of the molecule is NC(=O)Cn1c(COC(=O)/C=C/c2cccc3cccnc23)nc2ccccc2c1=O. The fourth-order valence-corrected chi connectivity index (χ4v) is 3.25. The van der Waals surface area contributed by atoms with Crippen molar-refractivity contribution >= 4 is 39.8 Å². The highest BCUT2D eigenvalue weighted by Gasteiger charge is 2.14. The third kappa shape index (κ3) is 4.32. The van der Waals surface area contributed by atoms with Gasteiger partial charge in [-0.25, -0.2) is 9.78 Å². The average molecular weight is 414 g/mol. The quantitative estimate of drug-likeness (QED) is 0.382. The van der Waals surface area contributed by atoms with Crippen LogP contribution in [0.5, 0.6) is 0 Å². The minimum atomic E-state index is -0.699. The molecular formula is C23H18N4O4. The van der Waals surface area contributed by atoms with E-state index in [2.05, 4.69) is 9.97 Å². The normalized spacial score (nSPS) is 11.2. The number of esters is 1. The minimum absolute atomic E-state index is 0.135. The molecule has 0 aliphatic carbocycles. The predicted molar refractivity (Wildman–Crippen MR) is 116 cm³/mol. The number of aromatic nitrogens is 3. The highest BCUT2D eigenvalue weighted by Crippen LogP contribution is 2.17. The second kappa shape index (κ2) is 8.58. The lowest BCUT2D eigenvalue weighted by atomic mass is 10.1. The monoisotopic (exact) mass is 414 g/mol. The number of carbonyl (C=O) groups is 2. The summed E-state index contributed by atoms with van der Waals surface area (Å²) < 4.78 is 6.39. The van der Waals surface area contributed by atoms with Gasteiger partial charge in [0.05, 0.1) is 16.4 Å². The van der Waals surface area contributed by atoms with Crippen LogP contribution >= 0.6 is 0 Å². The highest BCUT2D eigenvalue weighted by molar-refractivity contribution is 5.92. The summed E-state index contributed by atoms with van der Waals surface area (Å²) in [5.74, 6) is -1.19. The van der Waals surface area contributed by atoms with Crippen molar-refractivity contribution in [2.75, 3.05) is 0 Å². The molecule has 0 spiro atoms. The van der Waals surface area contributed by atoms with Gasteiger partial charge in [0.15, 0.2) is 5.82 Å². The van der Waals surface area contributed by atoms with E-state index >= 15 is 0 Å². The highest BCUT2D eigenvalue weighted by atomic mass is 16.5. The molecule has 0 saturated carbocycles. The molecule has 1 amide bonds. The van der Waals surface area contributed by atoms with Crippen LogP contribution in [0.3, 0.4) is 0 Å². The number of para-hydroxylation sites is 2. The van der Waals surface area contributed by atoms with Crippen LogP contribution in [0.25, 0.3) is 27.9 Å². The maximum atomic E-state index is 12.7. The lowest BCUT2D eigenvalue weighted by Gasteiger charge is -2.12. The summed E-state index contributed by atoms with van der Waals surface area (Å²) in [5.41, 5.74) is 6.82. The minimum Gasteiger partial charge on any atom is -0.454 e. The van der Waals surface area contributed by atoms with E-state index < -0.39 is 17.4 Å². The van der Waals surface area contributed by atoms with Crippen molar-refractivity contribution in [3.63, 3.8) is 0 Å². The molecule has 4 rings (SSSR count). The Bertz CT molecular complexity index is 1390. The Morgan fingerprint density at radius 1 is 1.06 bits per heavy atom. The first-order valence-corrected chi connectivity index (χ1v) is 9.48. The first-order valence-electron chi connectivity index (χ1n) is 9.48. The van der Waals surface area contributed by atoms with E-state index in [1.807, 2.05) is 30.3 Å². The zero-order valence-electron chi connectivity index (χ0n) is 16.4. The van der Waals surface area contributed by atoms with Crippen LogP contribution in [0.15, 0.2) is 71.7 Å². The van der Waals surface area contributed by atoms with Crippen LogP contribution in [-0.4, -0.2) is 26.4 Å². The molecule has 8 nitrogen and oxygen atoms in total. The summed E-state index contributed by atoms with van der Waals surface area (Å²) in [5, 5.41) is 1.30. The van der Waals surface area contributed by atoms with Gasteiger partial charge in [-0.1, -0.05) is 36.4 Å². The van der Waals surface area contributed by atoms with Crippen molar-refractivity contribution in [2.24, 2.45) is 5.73 Å². The molecule has 0 saturated heterocycles. The van der Waals surface area contributed by atoms with Crippen LogP contribution in [0.1, 0.15) is 11.4 Å². The van der Waals surface area contributed by atoms with E-state index in [9.17, 15) is 14.4 Å². The molecular weight excluding hydrogens is 396 g/mol. The van der Waals surface area contributed by atoms with Crippen LogP contribution in [-0.2, 0) is 27.5 Å². The molecule has 0 unspecified atom stereocenters. The summed E-state index contributed by atoms with van der Waals surface area (Å²) in [4.78, 5) is 45.1. The second-order valence-electron chi connectivity index (χ2n) is 6.77. The van der Waals surface area contributed by atoms with E-state index in [-0.39, 0.29) is 19.0 Å². The number of hydrogen-bond acceptors (Lipinski definition) is 6. The molecule has 31 heavy (non-hydrogen) atoms. The lowest BCUT2D eigenvalue weighted by Crippen LogP contribution is -2.32. The Labute approximate surface area is 176 Å². The van der Waals surface area contributed by atoms with Gasteiger partial charge in [0.25, 0.3) is 5.56 Å². The number of nitrogens with zero attached hydrogens (tertiary/aromatic N) is 3. The Kier molecular flexibility index (Phi) is 5.53. The number of nitrogens with two attached hydrogens (primary N) is 1. The van der Waals surface area contributed by atoms with Gasteiger partial charge in [-0.3, -0.25) is 19.1 Å². The van der Waals surface area contributed by atoms with E-state index in [0.29, 0.717) is 10.9 Å². The van der Waals surface area contributed by atoms with Gasteiger partial charge < -0.3 is 10.5 Å². The number of primary amides is 1. The van der Waals surface area contributed by atoms with Gasteiger partial charge in [0.1, 0.15) is 13.2 Å². The molecule has 4 aromatic rings. The van der Waals surface area contributed by atoms with E-state index in [0.717, 1.165) is 21.0 Å². The summed E-state index contributed by atoms with van der Waals surface area (Å²) in [7, 11) is 0. The third-order valence-electron chi connectivity index (χ3n) is 4.66. The molecule has 2 N–H and O–H groups in total. The topological polar surface area (TPSA) is 117 Å². The molecule has 2 aromatic heterocycles. The lowest BCUT2D eigenvalue weighted by molar-refractivity contribution is -0.139. The van der Waals surface area contributed by atoms with Crippen molar-refractivity contribution in [3.05, 3.63) is 88.6 Å². The van der Waals surface area contributed by atoms with Crippen molar-refractivity contribution in [1.29, 1.82) is 0 Å². The number of amides is 1. The predicted octanol–water partition coefficient (Wildman–Crippen LogP) is 2.19. The fraction of sp³-hybridized carbons (Fsp3) is 0.0870. The number of hydrogen-bond donors (Lipinski definition) is 1. The van der Waals surface area contributed by atoms with Crippen molar-refractivity contribution in [1.82, 2.24) is 14.5 Å². The Balaban J connectivity index is 1.57. The van der Waals surface area contributed by atoms with Gasteiger partial charge in [-0.05, 0) is 24.3 Å².